The van der Waals surface area contributed by atoms with E-state index in [4.69, 9.17) is 12.2 Å². The van der Waals surface area contributed by atoms with Crippen LogP contribution in [-0.2, 0) is 9.59 Å². The maximum Gasteiger partial charge on any atom is 0.265 e. The third kappa shape index (κ3) is 3.15. The molecule has 148 valence electrons. The molecule has 2 amide bonds. The van der Waals surface area contributed by atoms with Gasteiger partial charge < -0.3 is 4.90 Å². The van der Waals surface area contributed by atoms with Crippen molar-refractivity contribution in [3.63, 3.8) is 0 Å². The van der Waals surface area contributed by atoms with Crippen LogP contribution in [0.25, 0.3) is 11.6 Å². The molecule has 0 unspecified atom stereocenters. The number of carbonyl (C=O) groups is 2. The molecule has 5 nitrogen and oxygen atoms in total. The van der Waals surface area contributed by atoms with Gasteiger partial charge in [0.15, 0.2) is 5.11 Å². The predicted octanol–water partition coefficient (Wildman–Crippen LogP) is 3.70. The van der Waals surface area contributed by atoms with Crippen LogP contribution in [-0.4, -0.2) is 52.4 Å². The second-order valence-corrected chi connectivity index (χ2v) is 8.66. The lowest BCUT2D eigenvalue weighted by atomic mass is 9.86. The van der Waals surface area contributed by atoms with E-state index in [1.165, 1.54) is 21.1 Å². The van der Waals surface area contributed by atoms with Crippen LogP contribution in [0.2, 0.25) is 0 Å². The number of anilines is 1. The Morgan fingerprint density at radius 2 is 1.64 bits per heavy atom. The first-order valence-electron chi connectivity index (χ1n) is 9.40. The Hall–Kier alpha value is -2.47. The first-order chi connectivity index (χ1) is 13.0. The summed E-state index contributed by atoms with van der Waals surface area (Å²) >= 11 is 5.15. The van der Waals surface area contributed by atoms with E-state index in [0.29, 0.717) is 6.04 Å². The summed E-state index contributed by atoms with van der Waals surface area (Å²) in [6, 6.07) is 6.43. The van der Waals surface area contributed by atoms with Crippen LogP contribution < -0.4 is 4.90 Å². The number of benzene rings is 1. The van der Waals surface area contributed by atoms with E-state index in [2.05, 4.69) is 51.7 Å². The molecule has 0 spiro atoms. The SMILES string of the molecule is CC1=CC(C)(C)N(C(C)C)c2ccc(C=C3C(=O)N(C)C(=S)N(C)C3=O)cc21. The van der Waals surface area contributed by atoms with Crippen LogP contribution in [0.1, 0.15) is 45.7 Å². The Bertz CT molecular complexity index is 917. The Kier molecular flexibility index (Phi) is 4.96. The normalized spacial score (nSPS) is 19.3. The zero-order valence-corrected chi connectivity index (χ0v) is 18.3. The van der Waals surface area contributed by atoms with Crippen molar-refractivity contribution in [2.45, 2.75) is 46.2 Å². The van der Waals surface area contributed by atoms with Gasteiger partial charge in [-0.2, -0.15) is 0 Å². The van der Waals surface area contributed by atoms with Crippen molar-refractivity contribution in [2.75, 3.05) is 19.0 Å². The van der Waals surface area contributed by atoms with Gasteiger partial charge in [-0.15, -0.1) is 0 Å². The molecular formula is C22H27N3O2S. The summed E-state index contributed by atoms with van der Waals surface area (Å²) < 4.78 is 0. The van der Waals surface area contributed by atoms with Crippen molar-refractivity contribution in [3.05, 3.63) is 41.0 Å². The molecule has 2 aliphatic heterocycles. The van der Waals surface area contributed by atoms with E-state index in [1.807, 2.05) is 12.1 Å². The van der Waals surface area contributed by atoms with Gasteiger partial charge in [-0.05, 0) is 76.2 Å². The minimum absolute atomic E-state index is 0.0817. The minimum atomic E-state index is -0.372. The smallest absolute Gasteiger partial charge is 0.265 e. The van der Waals surface area contributed by atoms with Gasteiger partial charge in [-0.25, -0.2) is 0 Å². The summed E-state index contributed by atoms with van der Waals surface area (Å²) in [5.41, 5.74) is 4.34. The Morgan fingerprint density at radius 3 is 2.18 bits per heavy atom. The molecule has 0 aromatic heterocycles. The van der Waals surface area contributed by atoms with E-state index >= 15 is 0 Å². The summed E-state index contributed by atoms with van der Waals surface area (Å²) in [5, 5.41) is 0.214. The number of rotatable bonds is 2. The zero-order chi connectivity index (χ0) is 21.0. The van der Waals surface area contributed by atoms with Crippen LogP contribution in [0.5, 0.6) is 0 Å². The molecule has 0 atom stereocenters. The molecular weight excluding hydrogens is 370 g/mol. The highest BCUT2D eigenvalue weighted by atomic mass is 32.1. The topological polar surface area (TPSA) is 43.9 Å². The highest BCUT2D eigenvalue weighted by Crippen LogP contribution is 2.40. The van der Waals surface area contributed by atoms with Crippen molar-refractivity contribution in [1.82, 2.24) is 9.80 Å². The molecule has 0 radical (unpaired) electrons. The van der Waals surface area contributed by atoms with Crippen molar-refractivity contribution < 1.29 is 9.59 Å². The summed E-state index contributed by atoms with van der Waals surface area (Å²) in [7, 11) is 3.17. The first kappa shape index (κ1) is 20.3. The summed E-state index contributed by atoms with van der Waals surface area (Å²) in [5.74, 6) is -0.744. The molecule has 1 aromatic carbocycles. The van der Waals surface area contributed by atoms with Gasteiger partial charge in [0.2, 0.25) is 0 Å². The van der Waals surface area contributed by atoms with Crippen LogP contribution in [0, 0.1) is 0 Å². The maximum absolute atomic E-state index is 12.6. The van der Waals surface area contributed by atoms with E-state index in [1.54, 1.807) is 20.2 Å². The number of likely N-dealkylation sites (N-methyl/N-ethyl adjacent to an activating group) is 2. The highest BCUT2D eigenvalue weighted by Gasteiger charge is 2.36. The molecule has 0 bridgehead atoms. The van der Waals surface area contributed by atoms with Gasteiger partial charge in [-0.3, -0.25) is 19.4 Å². The Morgan fingerprint density at radius 1 is 1.07 bits per heavy atom. The van der Waals surface area contributed by atoms with E-state index in [0.717, 1.165) is 11.1 Å². The lowest BCUT2D eigenvalue weighted by Gasteiger charge is -2.46. The van der Waals surface area contributed by atoms with Gasteiger partial charge in [0.1, 0.15) is 5.57 Å². The van der Waals surface area contributed by atoms with Crippen LogP contribution in [0.15, 0.2) is 29.8 Å². The zero-order valence-electron chi connectivity index (χ0n) is 17.5. The van der Waals surface area contributed by atoms with E-state index < -0.39 is 0 Å². The number of hydrogen-bond acceptors (Lipinski definition) is 4. The monoisotopic (exact) mass is 397 g/mol. The Balaban J connectivity index is 2.09. The fourth-order valence-corrected chi connectivity index (χ4v) is 4.41. The van der Waals surface area contributed by atoms with Crippen molar-refractivity contribution in [3.8, 4) is 0 Å². The number of carbonyl (C=O) groups excluding carboxylic acids is 2. The maximum atomic E-state index is 12.6. The van der Waals surface area contributed by atoms with Crippen LogP contribution in [0.4, 0.5) is 5.69 Å². The summed E-state index contributed by atoms with van der Waals surface area (Å²) in [6.07, 6.45) is 3.93. The summed E-state index contributed by atoms with van der Waals surface area (Å²) in [4.78, 5) is 30.2. The number of fused-ring (bicyclic) bond motifs is 1. The molecule has 3 rings (SSSR count). The third-order valence-electron chi connectivity index (χ3n) is 5.37. The van der Waals surface area contributed by atoms with Crippen molar-refractivity contribution >= 4 is 46.5 Å². The van der Waals surface area contributed by atoms with Crippen molar-refractivity contribution in [2.24, 2.45) is 0 Å². The standard InChI is InChI=1S/C22H27N3O2S/c1-13(2)25-18-9-8-15(10-16(18)14(3)12-22(25,4)5)11-17-19(26)23(6)21(28)24(7)20(17)27/h8-13H,1-7H3. The van der Waals surface area contributed by atoms with E-state index in [9.17, 15) is 9.59 Å². The van der Waals surface area contributed by atoms with Gasteiger partial charge in [-0.1, -0.05) is 12.1 Å². The number of nitrogens with zero attached hydrogens (tertiary/aromatic N) is 3. The molecule has 1 saturated heterocycles. The first-order valence-corrected chi connectivity index (χ1v) is 9.81. The molecule has 2 aliphatic rings. The van der Waals surface area contributed by atoms with E-state index in [-0.39, 0.29) is 28.0 Å². The number of allylic oxidation sites excluding steroid dienone is 1. The van der Waals surface area contributed by atoms with Gasteiger partial charge >= 0.3 is 0 Å². The molecule has 0 N–H and O–H groups in total. The Labute approximate surface area is 172 Å². The largest absolute Gasteiger partial charge is 0.360 e. The van der Waals surface area contributed by atoms with Gasteiger partial charge in [0.25, 0.3) is 11.8 Å². The average molecular weight is 398 g/mol. The molecule has 6 heteroatoms. The van der Waals surface area contributed by atoms with Crippen LogP contribution >= 0.6 is 12.2 Å². The second kappa shape index (κ2) is 6.85. The molecule has 0 saturated carbocycles. The highest BCUT2D eigenvalue weighted by molar-refractivity contribution is 7.80. The fourth-order valence-electron chi connectivity index (χ4n) is 4.24. The van der Waals surface area contributed by atoms with Gasteiger partial charge in [0, 0.05) is 31.4 Å². The molecule has 2 heterocycles. The van der Waals surface area contributed by atoms with Gasteiger partial charge in [0.05, 0.1) is 5.54 Å². The predicted molar refractivity (Wildman–Crippen MR) is 118 cm³/mol. The fraction of sp³-hybridized carbons (Fsp3) is 0.409. The number of amides is 2. The third-order valence-corrected chi connectivity index (χ3v) is 5.91. The molecule has 1 aromatic rings. The minimum Gasteiger partial charge on any atom is -0.360 e. The lowest BCUT2D eigenvalue weighted by Crippen LogP contribution is -2.52. The van der Waals surface area contributed by atoms with Crippen molar-refractivity contribution in [1.29, 1.82) is 0 Å². The van der Waals surface area contributed by atoms with Crippen LogP contribution in [0.3, 0.4) is 0 Å². The molecule has 28 heavy (non-hydrogen) atoms. The number of hydrogen-bond donors (Lipinski definition) is 0. The summed E-state index contributed by atoms with van der Waals surface area (Å²) in [6.45, 7) is 10.9. The second-order valence-electron chi connectivity index (χ2n) is 8.29. The number of thiocarbonyl (C=S) groups is 1. The average Bonchev–Trinajstić information content (AvgIpc) is 2.61. The molecule has 0 aliphatic carbocycles. The quantitative estimate of drug-likeness (QED) is 0.434. The molecule has 1 fully saturated rings. The lowest BCUT2D eigenvalue weighted by molar-refractivity contribution is -0.132.